The van der Waals surface area contributed by atoms with Gasteiger partial charge in [0.2, 0.25) is 0 Å². The van der Waals surface area contributed by atoms with Crippen molar-refractivity contribution in [1.82, 2.24) is 5.32 Å². The predicted octanol–water partition coefficient (Wildman–Crippen LogP) is 3.42. The lowest BCUT2D eigenvalue weighted by atomic mass is 10.1. The van der Waals surface area contributed by atoms with Gasteiger partial charge in [-0.25, -0.2) is 4.79 Å². The molecule has 3 rings (SSSR count). The van der Waals surface area contributed by atoms with Gasteiger partial charge < -0.3 is 9.73 Å². The fraction of sp³-hybridized carbons (Fsp3) is 0.111. The van der Waals surface area contributed by atoms with E-state index in [0.29, 0.717) is 28.8 Å². The second-order valence-corrected chi connectivity index (χ2v) is 5.56. The first-order chi connectivity index (χ1) is 11.1. The monoisotopic (exact) mass is 327 g/mol. The van der Waals surface area contributed by atoms with Crippen LogP contribution in [0, 0.1) is 0 Å². The maximum atomic E-state index is 12.1. The largest absolute Gasteiger partial charge is 0.417 e. The lowest BCUT2D eigenvalue weighted by molar-refractivity contribution is 0.0922. The summed E-state index contributed by atoms with van der Waals surface area (Å²) in [5.74, 6) is -0.394. The molecule has 0 aliphatic rings. The molecule has 0 aliphatic carbocycles. The molecule has 0 unspecified atom stereocenters. The molecule has 5 heteroatoms. The number of halogens is 1. The fourth-order valence-corrected chi connectivity index (χ4v) is 2.56. The highest BCUT2D eigenvalue weighted by atomic mass is 35.5. The minimum Gasteiger partial charge on any atom is -0.417 e. The van der Waals surface area contributed by atoms with Crippen molar-refractivity contribution in [3.63, 3.8) is 0 Å². The number of carbonyl (C=O) groups is 1. The lowest BCUT2D eigenvalue weighted by Crippen LogP contribution is -2.26. The number of amides is 1. The van der Waals surface area contributed by atoms with E-state index in [4.69, 9.17) is 16.0 Å². The van der Waals surface area contributed by atoms with Crippen LogP contribution in [0.2, 0.25) is 5.02 Å². The Kier molecular flexibility index (Phi) is 4.44. The van der Waals surface area contributed by atoms with Crippen molar-refractivity contribution < 1.29 is 9.21 Å². The van der Waals surface area contributed by atoms with Gasteiger partial charge >= 0.3 is 5.63 Å². The Balaban J connectivity index is 1.70. The molecule has 1 N–H and O–H groups in total. The Hall–Kier alpha value is -2.59. The SMILES string of the molecule is O=C(NCCc1cccc(Cl)c1)c1cc2ccccc2c(=O)o1. The average molecular weight is 328 g/mol. The zero-order chi connectivity index (χ0) is 16.2. The Morgan fingerprint density at radius 1 is 1.09 bits per heavy atom. The fourth-order valence-electron chi connectivity index (χ4n) is 2.35. The van der Waals surface area contributed by atoms with Gasteiger partial charge in [0.25, 0.3) is 5.91 Å². The van der Waals surface area contributed by atoms with Crippen LogP contribution in [0.4, 0.5) is 0 Å². The molecule has 23 heavy (non-hydrogen) atoms. The summed E-state index contributed by atoms with van der Waals surface area (Å²) >= 11 is 5.92. The number of benzene rings is 2. The topological polar surface area (TPSA) is 59.3 Å². The van der Waals surface area contributed by atoms with Crippen molar-refractivity contribution in [3.05, 3.63) is 81.4 Å². The third-order valence-electron chi connectivity index (χ3n) is 3.48. The van der Waals surface area contributed by atoms with Crippen molar-refractivity contribution in [2.75, 3.05) is 6.54 Å². The van der Waals surface area contributed by atoms with Crippen LogP contribution in [0.25, 0.3) is 10.8 Å². The molecule has 0 aliphatic heterocycles. The minimum absolute atomic E-state index is 0.0137. The van der Waals surface area contributed by atoms with Gasteiger partial charge in [0.05, 0.1) is 5.39 Å². The highest BCUT2D eigenvalue weighted by Gasteiger charge is 2.11. The van der Waals surface area contributed by atoms with Gasteiger partial charge in [-0.3, -0.25) is 4.79 Å². The molecule has 0 bridgehead atoms. The van der Waals surface area contributed by atoms with Crippen LogP contribution in [0.3, 0.4) is 0 Å². The molecule has 116 valence electrons. The zero-order valence-corrected chi connectivity index (χ0v) is 13.0. The van der Waals surface area contributed by atoms with Crippen LogP contribution in [-0.2, 0) is 6.42 Å². The van der Waals surface area contributed by atoms with Crippen LogP contribution < -0.4 is 10.9 Å². The molecule has 3 aromatic rings. The molecule has 4 nitrogen and oxygen atoms in total. The number of hydrogen-bond acceptors (Lipinski definition) is 3. The lowest BCUT2D eigenvalue weighted by Gasteiger charge is -2.05. The third kappa shape index (κ3) is 3.60. The van der Waals surface area contributed by atoms with E-state index in [1.54, 1.807) is 30.3 Å². The smallest absolute Gasteiger partial charge is 0.344 e. The summed E-state index contributed by atoms with van der Waals surface area (Å²) in [5.41, 5.74) is 0.515. The van der Waals surface area contributed by atoms with Crippen molar-refractivity contribution in [2.45, 2.75) is 6.42 Å². The summed E-state index contributed by atoms with van der Waals surface area (Å²) in [5, 5.41) is 4.55. The van der Waals surface area contributed by atoms with E-state index >= 15 is 0 Å². The highest BCUT2D eigenvalue weighted by molar-refractivity contribution is 6.30. The van der Waals surface area contributed by atoms with Gasteiger partial charge in [0.15, 0.2) is 5.76 Å². The Labute approximate surface area is 137 Å². The highest BCUT2D eigenvalue weighted by Crippen LogP contribution is 2.12. The summed E-state index contributed by atoms with van der Waals surface area (Å²) in [6.07, 6.45) is 0.643. The second kappa shape index (κ2) is 6.67. The van der Waals surface area contributed by atoms with E-state index in [-0.39, 0.29) is 5.76 Å². The van der Waals surface area contributed by atoms with Crippen LogP contribution in [0.5, 0.6) is 0 Å². The van der Waals surface area contributed by atoms with Gasteiger partial charge in [0, 0.05) is 11.6 Å². The van der Waals surface area contributed by atoms with Crippen molar-refractivity contribution in [1.29, 1.82) is 0 Å². The van der Waals surface area contributed by atoms with E-state index in [1.807, 2.05) is 24.3 Å². The average Bonchev–Trinajstić information content (AvgIpc) is 2.55. The molecule has 0 fully saturated rings. The molecule has 0 saturated carbocycles. The van der Waals surface area contributed by atoms with E-state index in [0.717, 1.165) is 5.56 Å². The van der Waals surface area contributed by atoms with Crippen LogP contribution in [0.1, 0.15) is 16.1 Å². The van der Waals surface area contributed by atoms with E-state index in [9.17, 15) is 9.59 Å². The molecule has 0 radical (unpaired) electrons. The molecule has 0 atom stereocenters. The summed E-state index contributed by atoms with van der Waals surface area (Å²) in [6, 6.07) is 16.0. The summed E-state index contributed by atoms with van der Waals surface area (Å²) in [7, 11) is 0. The molecule has 2 aromatic carbocycles. The summed E-state index contributed by atoms with van der Waals surface area (Å²) in [6.45, 7) is 0.426. The first-order valence-corrected chi connectivity index (χ1v) is 7.57. The maximum Gasteiger partial charge on any atom is 0.344 e. The Morgan fingerprint density at radius 2 is 1.91 bits per heavy atom. The van der Waals surface area contributed by atoms with Gasteiger partial charge in [0.1, 0.15) is 0 Å². The van der Waals surface area contributed by atoms with Crippen LogP contribution in [-0.4, -0.2) is 12.5 Å². The van der Waals surface area contributed by atoms with Crippen LogP contribution in [0.15, 0.2) is 63.8 Å². The normalized spacial score (nSPS) is 10.7. The first kappa shape index (κ1) is 15.3. The number of hydrogen-bond donors (Lipinski definition) is 1. The number of rotatable bonds is 4. The maximum absolute atomic E-state index is 12.1. The Morgan fingerprint density at radius 3 is 2.74 bits per heavy atom. The summed E-state index contributed by atoms with van der Waals surface area (Å²) < 4.78 is 5.09. The molecule has 1 heterocycles. The van der Waals surface area contributed by atoms with Gasteiger partial charge in [-0.1, -0.05) is 41.9 Å². The number of carbonyl (C=O) groups excluding carboxylic acids is 1. The van der Waals surface area contributed by atoms with Crippen LogP contribution >= 0.6 is 11.6 Å². The molecular formula is C18H14ClNO3. The molecular weight excluding hydrogens is 314 g/mol. The molecule has 0 spiro atoms. The number of nitrogens with one attached hydrogen (secondary N) is 1. The van der Waals surface area contributed by atoms with Crippen molar-refractivity contribution in [3.8, 4) is 0 Å². The second-order valence-electron chi connectivity index (χ2n) is 5.12. The van der Waals surface area contributed by atoms with Gasteiger partial charge in [-0.05, 0) is 41.6 Å². The molecule has 1 amide bonds. The first-order valence-electron chi connectivity index (χ1n) is 7.19. The van der Waals surface area contributed by atoms with Gasteiger partial charge in [-0.15, -0.1) is 0 Å². The van der Waals surface area contributed by atoms with E-state index in [2.05, 4.69) is 5.32 Å². The van der Waals surface area contributed by atoms with Crippen molar-refractivity contribution in [2.24, 2.45) is 0 Å². The molecule has 0 saturated heterocycles. The zero-order valence-electron chi connectivity index (χ0n) is 12.2. The predicted molar refractivity (Wildman–Crippen MR) is 90.0 cm³/mol. The standard InChI is InChI=1S/C18H14ClNO3/c19-14-6-3-4-12(10-14)8-9-20-17(21)16-11-13-5-1-2-7-15(13)18(22)23-16/h1-7,10-11H,8-9H2,(H,20,21). The van der Waals surface area contributed by atoms with Crippen molar-refractivity contribution >= 4 is 28.3 Å². The minimum atomic E-state index is -0.511. The Bertz CT molecular complexity index is 917. The quantitative estimate of drug-likeness (QED) is 0.798. The summed E-state index contributed by atoms with van der Waals surface area (Å²) in [4.78, 5) is 24.0. The van der Waals surface area contributed by atoms with E-state index < -0.39 is 11.5 Å². The van der Waals surface area contributed by atoms with E-state index in [1.165, 1.54) is 0 Å². The van der Waals surface area contributed by atoms with Gasteiger partial charge in [-0.2, -0.15) is 0 Å². The molecule has 1 aromatic heterocycles. The number of fused-ring (bicyclic) bond motifs is 1. The third-order valence-corrected chi connectivity index (χ3v) is 3.72.